The molecule has 0 aromatic heterocycles. The van der Waals surface area contributed by atoms with Gasteiger partial charge in [-0.25, -0.2) is 0 Å². The second-order valence-electron chi connectivity index (χ2n) is 10.0. The molecule has 3 aliphatic heterocycles. The van der Waals surface area contributed by atoms with Crippen molar-refractivity contribution in [1.82, 2.24) is 15.5 Å². The van der Waals surface area contributed by atoms with Gasteiger partial charge in [0.1, 0.15) is 5.54 Å². The SMILES string of the molecule is CCCC1C2CC3CN(Cc4ccccc4)C1C3(C(=O)NC1CCCCC1)NC2=O. The monoisotopic (exact) mass is 409 g/mol. The molecule has 2 N–H and O–H groups in total. The van der Waals surface area contributed by atoms with E-state index in [1.807, 2.05) is 6.07 Å². The van der Waals surface area contributed by atoms with Gasteiger partial charge in [-0.2, -0.15) is 0 Å². The van der Waals surface area contributed by atoms with Crippen LogP contribution < -0.4 is 10.6 Å². The Balaban J connectivity index is 1.47. The first kappa shape index (κ1) is 20.0. The van der Waals surface area contributed by atoms with Crippen LogP contribution >= 0.6 is 0 Å². The van der Waals surface area contributed by atoms with Crippen molar-refractivity contribution < 1.29 is 9.59 Å². The molecule has 5 atom stereocenters. The maximum absolute atomic E-state index is 13.8. The zero-order valence-electron chi connectivity index (χ0n) is 18.1. The zero-order chi connectivity index (χ0) is 20.7. The number of benzene rings is 1. The second-order valence-corrected chi connectivity index (χ2v) is 10.0. The van der Waals surface area contributed by atoms with Crippen LogP contribution in [0.15, 0.2) is 30.3 Å². The molecule has 5 heteroatoms. The Morgan fingerprint density at radius 1 is 1.20 bits per heavy atom. The van der Waals surface area contributed by atoms with E-state index < -0.39 is 5.54 Å². The number of carbonyl (C=O) groups is 2. The van der Waals surface area contributed by atoms with Gasteiger partial charge in [0.05, 0.1) is 0 Å². The predicted octanol–water partition coefficient (Wildman–Crippen LogP) is 3.24. The first-order valence-electron chi connectivity index (χ1n) is 12.0. The van der Waals surface area contributed by atoms with Gasteiger partial charge >= 0.3 is 0 Å². The normalized spacial score (nSPS) is 36.0. The average Bonchev–Trinajstić information content (AvgIpc) is 2.98. The number of nitrogens with one attached hydrogen (secondary N) is 2. The highest BCUT2D eigenvalue weighted by Gasteiger charge is 2.70. The number of hydrogen-bond acceptors (Lipinski definition) is 3. The fourth-order valence-corrected chi connectivity index (χ4v) is 7.02. The molecule has 3 saturated heterocycles. The van der Waals surface area contributed by atoms with E-state index in [1.54, 1.807) is 0 Å². The maximum Gasteiger partial charge on any atom is 0.247 e. The van der Waals surface area contributed by atoms with Crippen molar-refractivity contribution in [3.05, 3.63) is 35.9 Å². The Kier molecular flexibility index (Phi) is 5.34. The van der Waals surface area contributed by atoms with E-state index >= 15 is 0 Å². The number of amides is 2. The van der Waals surface area contributed by atoms with Crippen LogP contribution in [0.25, 0.3) is 0 Å². The van der Waals surface area contributed by atoms with Gasteiger partial charge in [0.2, 0.25) is 11.8 Å². The largest absolute Gasteiger partial charge is 0.351 e. The van der Waals surface area contributed by atoms with Crippen LogP contribution in [0.4, 0.5) is 0 Å². The third-order valence-corrected chi connectivity index (χ3v) is 8.25. The van der Waals surface area contributed by atoms with E-state index in [0.29, 0.717) is 0 Å². The summed E-state index contributed by atoms with van der Waals surface area (Å²) in [6, 6.07) is 10.9. The standard InChI is InChI=1S/C25H35N3O2/c1-2-9-20-21-14-18-16-28(15-17-10-5-3-6-11-17)22(20)25(18,27-23(21)29)24(30)26-19-12-7-4-8-13-19/h3,5-6,10-11,18-22H,2,4,7-9,12-16H2,1H3,(H,26,30)(H,27,29). The van der Waals surface area contributed by atoms with E-state index in [0.717, 1.165) is 45.2 Å². The molecule has 5 fully saturated rings. The Bertz CT molecular complexity index is 791. The van der Waals surface area contributed by atoms with Crippen molar-refractivity contribution in [2.75, 3.05) is 6.54 Å². The second kappa shape index (κ2) is 7.99. The lowest BCUT2D eigenvalue weighted by atomic mass is 9.58. The first-order valence-corrected chi connectivity index (χ1v) is 12.0. The molecule has 6 rings (SSSR count). The summed E-state index contributed by atoms with van der Waals surface area (Å²) in [5, 5.41) is 6.69. The highest BCUT2D eigenvalue weighted by Crippen LogP contribution is 2.54. The predicted molar refractivity (Wildman–Crippen MR) is 117 cm³/mol. The minimum atomic E-state index is -0.752. The van der Waals surface area contributed by atoms with Crippen LogP contribution in [-0.4, -0.2) is 40.9 Å². The molecule has 1 aromatic carbocycles. The Morgan fingerprint density at radius 2 is 1.97 bits per heavy atom. The number of carbonyl (C=O) groups excluding carboxylic acids is 2. The average molecular weight is 410 g/mol. The number of likely N-dealkylation sites (tertiary alicyclic amines) is 1. The van der Waals surface area contributed by atoms with Gasteiger partial charge in [-0.3, -0.25) is 14.5 Å². The minimum absolute atomic E-state index is 0.0603. The zero-order valence-corrected chi connectivity index (χ0v) is 18.1. The van der Waals surface area contributed by atoms with Crippen LogP contribution in [0, 0.1) is 17.8 Å². The smallest absolute Gasteiger partial charge is 0.247 e. The van der Waals surface area contributed by atoms with E-state index in [1.165, 1.54) is 24.8 Å². The van der Waals surface area contributed by atoms with E-state index in [2.05, 4.69) is 46.7 Å². The lowest BCUT2D eigenvalue weighted by Gasteiger charge is -2.55. The van der Waals surface area contributed by atoms with Crippen molar-refractivity contribution in [2.24, 2.45) is 17.8 Å². The fourth-order valence-electron chi connectivity index (χ4n) is 7.02. The van der Waals surface area contributed by atoms with Gasteiger partial charge < -0.3 is 10.6 Å². The molecule has 0 spiro atoms. The molecular weight excluding hydrogens is 374 g/mol. The molecule has 5 aliphatic rings. The van der Waals surface area contributed by atoms with Gasteiger partial charge in [-0.1, -0.05) is 62.9 Å². The van der Waals surface area contributed by atoms with Crippen LogP contribution in [0.3, 0.4) is 0 Å². The summed E-state index contributed by atoms with van der Waals surface area (Å²) in [7, 11) is 0. The molecule has 2 saturated carbocycles. The molecule has 5 nitrogen and oxygen atoms in total. The van der Waals surface area contributed by atoms with Gasteiger partial charge in [-0.15, -0.1) is 0 Å². The lowest BCUT2D eigenvalue weighted by Crippen LogP contribution is -2.78. The van der Waals surface area contributed by atoms with Crippen LogP contribution in [0.5, 0.6) is 0 Å². The van der Waals surface area contributed by atoms with Crippen molar-refractivity contribution in [3.8, 4) is 0 Å². The van der Waals surface area contributed by atoms with Crippen LogP contribution in [0.2, 0.25) is 0 Å². The number of nitrogens with zero attached hydrogens (tertiary/aromatic N) is 1. The topological polar surface area (TPSA) is 61.4 Å². The van der Waals surface area contributed by atoms with Crippen molar-refractivity contribution >= 4 is 11.8 Å². The molecule has 0 radical (unpaired) electrons. The maximum atomic E-state index is 13.8. The summed E-state index contributed by atoms with van der Waals surface area (Å²) in [6.07, 6.45) is 8.71. The van der Waals surface area contributed by atoms with Gasteiger partial charge in [0.25, 0.3) is 0 Å². The number of piperidine rings is 2. The molecule has 1 aromatic rings. The highest BCUT2D eigenvalue weighted by atomic mass is 16.2. The molecule has 2 amide bonds. The molecular formula is C25H35N3O2. The van der Waals surface area contributed by atoms with Crippen molar-refractivity contribution in [2.45, 2.75) is 82.5 Å². The van der Waals surface area contributed by atoms with E-state index in [4.69, 9.17) is 0 Å². The Morgan fingerprint density at radius 3 is 2.70 bits per heavy atom. The molecule has 5 unspecified atom stereocenters. The van der Waals surface area contributed by atoms with Crippen LogP contribution in [0.1, 0.15) is 63.9 Å². The molecule has 3 heterocycles. The number of hydrogen-bond donors (Lipinski definition) is 2. The summed E-state index contributed by atoms with van der Waals surface area (Å²) >= 11 is 0. The summed E-state index contributed by atoms with van der Waals surface area (Å²) < 4.78 is 0. The molecule has 162 valence electrons. The van der Waals surface area contributed by atoms with Gasteiger partial charge in [0, 0.05) is 37.0 Å². The van der Waals surface area contributed by atoms with Crippen molar-refractivity contribution in [1.29, 1.82) is 0 Å². The van der Waals surface area contributed by atoms with Gasteiger partial charge in [0.15, 0.2) is 0 Å². The third-order valence-electron chi connectivity index (χ3n) is 8.25. The number of fused-ring (bicyclic) bond motifs is 1. The summed E-state index contributed by atoms with van der Waals surface area (Å²) in [4.78, 5) is 29.4. The van der Waals surface area contributed by atoms with E-state index in [-0.39, 0.29) is 41.7 Å². The van der Waals surface area contributed by atoms with E-state index in [9.17, 15) is 9.59 Å². The fraction of sp³-hybridized carbons (Fsp3) is 0.680. The molecule has 30 heavy (non-hydrogen) atoms. The Labute approximate surface area is 180 Å². The summed E-state index contributed by atoms with van der Waals surface area (Å²) in [5.74, 6) is 0.743. The third kappa shape index (κ3) is 3.17. The number of rotatable bonds is 6. The Hall–Kier alpha value is -1.88. The summed E-state index contributed by atoms with van der Waals surface area (Å²) in [6.45, 7) is 3.95. The molecule has 4 bridgehead atoms. The first-order chi connectivity index (χ1) is 14.6. The van der Waals surface area contributed by atoms with Crippen molar-refractivity contribution in [3.63, 3.8) is 0 Å². The van der Waals surface area contributed by atoms with Gasteiger partial charge in [-0.05, 0) is 37.2 Å². The minimum Gasteiger partial charge on any atom is -0.351 e. The highest BCUT2D eigenvalue weighted by molar-refractivity contribution is 5.97. The molecule has 2 aliphatic carbocycles. The van der Waals surface area contributed by atoms with Crippen LogP contribution in [-0.2, 0) is 16.1 Å². The lowest BCUT2D eigenvalue weighted by molar-refractivity contribution is -0.155. The summed E-state index contributed by atoms with van der Waals surface area (Å²) in [5.41, 5.74) is 0.531. The quantitative estimate of drug-likeness (QED) is 0.758.